The third-order valence-electron chi connectivity index (χ3n) is 8.74. The highest BCUT2D eigenvalue weighted by Crippen LogP contribution is 2.45. The molecule has 2 nitrogen and oxygen atoms in total. The summed E-state index contributed by atoms with van der Waals surface area (Å²) in [5, 5.41) is 0. The van der Waals surface area contributed by atoms with Gasteiger partial charge in [-0.3, -0.25) is 4.79 Å². The summed E-state index contributed by atoms with van der Waals surface area (Å²) < 4.78 is 5.92. The lowest BCUT2D eigenvalue weighted by Gasteiger charge is -2.40. The van der Waals surface area contributed by atoms with Crippen molar-refractivity contribution in [1.29, 1.82) is 0 Å². The first-order valence-corrected chi connectivity index (χ1v) is 12.5. The van der Waals surface area contributed by atoms with Crippen LogP contribution in [-0.4, -0.2) is 12.1 Å². The zero-order valence-electron chi connectivity index (χ0n) is 17.5. The summed E-state index contributed by atoms with van der Waals surface area (Å²) in [6.07, 6.45) is 24.5. The second-order valence-electron chi connectivity index (χ2n) is 10.4. The van der Waals surface area contributed by atoms with Gasteiger partial charge in [0.15, 0.2) is 0 Å². The summed E-state index contributed by atoms with van der Waals surface area (Å²) in [6.45, 7) is 0. The first-order chi connectivity index (χ1) is 13.3. The topological polar surface area (TPSA) is 26.3 Å². The molecular weight excluding hydrogens is 332 g/mol. The van der Waals surface area contributed by atoms with E-state index in [1.54, 1.807) is 0 Å². The van der Waals surface area contributed by atoms with Gasteiger partial charge in [0, 0.05) is 0 Å². The van der Waals surface area contributed by atoms with Gasteiger partial charge in [-0.15, -0.1) is 0 Å². The highest BCUT2D eigenvalue weighted by atomic mass is 16.5. The molecule has 0 spiro atoms. The largest absolute Gasteiger partial charge is 0.462 e. The van der Waals surface area contributed by atoms with Crippen molar-refractivity contribution in [2.75, 3.05) is 0 Å². The maximum atomic E-state index is 12.4. The van der Waals surface area contributed by atoms with Gasteiger partial charge in [-0.1, -0.05) is 51.4 Å². The summed E-state index contributed by atoms with van der Waals surface area (Å²) in [4.78, 5) is 12.4. The summed E-state index contributed by atoms with van der Waals surface area (Å²) in [7, 11) is 0. The lowest BCUT2D eigenvalue weighted by atomic mass is 9.66. The van der Waals surface area contributed by atoms with E-state index >= 15 is 0 Å². The highest BCUT2D eigenvalue weighted by Gasteiger charge is 2.35. The van der Waals surface area contributed by atoms with Crippen molar-refractivity contribution in [3.8, 4) is 0 Å². The van der Waals surface area contributed by atoms with Gasteiger partial charge in [-0.05, 0) is 87.9 Å². The van der Waals surface area contributed by atoms with Gasteiger partial charge in [-0.25, -0.2) is 0 Å². The predicted molar refractivity (Wildman–Crippen MR) is 110 cm³/mol. The van der Waals surface area contributed by atoms with Gasteiger partial charge in [0.25, 0.3) is 0 Å². The molecule has 0 heterocycles. The minimum atomic E-state index is 0.131. The SMILES string of the molecule is O=C(OC1CCC(C2CCC(C3CCCCC3)CC2)CC1)C1CCCCC1. The molecule has 27 heavy (non-hydrogen) atoms. The number of carbonyl (C=O) groups excluding carboxylic acids is 1. The van der Waals surface area contributed by atoms with Crippen LogP contribution in [0.1, 0.15) is 116 Å². The molecule has 0 unspecified atom stereocenters. The molecule has 0 atom stereocenters. The smallest absolute Gasteiger partial charge is 0.309 e. The van der Waals surface area contributed by atoms with Gasteiger partial charge in [0.05, 0.1) is 5.92 Å². The van der Waals surface area contributed by atoms with Crippen molar-refractivity contribution in [2.24, 2.45) is 29.6 Å². The maximum Gasteiger partial charge on any atom is 0.309 e. The second kappa shape index (κ2) is 9.79. The van der Waals surface area contributed by atoms with Crippen molar-refractivity contribution >= 4 is 5.97 Å². The number of rotatable bonds is 4. The molecule has 0 aromatic rings. The Bertz CT molecular complexity index is 445. The maximum absolute atomic E-state index is 12.4. The first-order valence-electron chi connectivity index (χ1n) is 12.5. The molecule has 0 amide bonds. The van der Waals surface area contributed by atoms with Crippen molar-refractivity contribution < 1.29 is 9.53 Å². The summed E-state index contributed by atoms with van der Waals surface area (Å²) >= 11 is 0. The average molecular weight is 375 g/mol. The normalized spacial score (nSPS) is 37.0. The van der Waals surface area contributed by atoms with Gasteiger partial charge < -0.3 is 4.74 Å². The zero-order chi connectivity index (χ0) is 18.5. The second-order valence-corrected chi connectivity index (χ2v) is 10.4. The molecule has 0 aliphatic heterocycles. The van der Waals surface area contributed by atoms with Gasteiger partial charge in [0.2, 0.25) is 0 Å². The monoisotopic (exact) mass is 374 g/mol. The van der Waals surface area contributed by atoms with E-state index in [1.807, 2.05) is 0 Å². The molecule has 4 saturated carbocycles. The van der Waals surface area contributed by atoms with Gasteiger partial charge in [0.1, 0.15) is 6.10 Å². The van der Waals surface area contributed by atoms with Crippen molar-refractivity contribution in [3.63, 3.8) is 0 Å². The van der Waals surface area contributed by atoms with Crippen LogP contribution in [0.15, 0.2) is 0 Å². The molecule has 0 saturated heterocycles. The quantitative estimate of drug-likeness (QED) is 0.492. The Morgan fingerprint density at radius 2 is 0.889 bits per heavy atom. The van der Waals surface area contributed by atoms with Crippen LogP contribution in [0.3, 0.4) is 0 Å². The molecule has 0 aromatic carbocycles. The fourth-order valence-electron chi connectivity index (χ4n) is 6.97. The molecule has 4 aliphatic rings. The van der Waals surface area contributed by atoms with E-state index in [0.717, 1.165) is 49.4 Å². The van der Waals surface area contributed by atoms with Crippen molar-refractivity contribution in [2.45, 2.75) is 122 Å². The minimum Gasteiger partial charge on any atom is -0.462 e. The molecule has 4 aliphatic carbocycles. The Labute approximate surface area is 167 Å². The average Bonchev–Trinajstić information content (AvgIpc) is 2.76. The fraction of sp³-hybridized carbons (Fsp3) is 0.960. The Kier molecular flexibility index (Phi) is 7.17. The minimum absolute atomic E-state index is 0.131. The van der Waals surface area contributed by atoms with Crippen molar-refractivity contribution in [3.05, 3.63) is 0 Å². The van der Waals surface area contributed by atoms with Crippen LogP contribution in [0.2, 0.25) is 0 Å². The molecule has 0 radical (unpaired) electrons. The zero-order valence-corrected chi connectivity index (χ0v) is 17.5. The number of ether oxygens (including phenoxy) is 1. The first kappa shape index (κ1) is 19.8. The van der Waals surface area contributed by atoms with E-state index in [2.05, 4.69) is 0 Å². The van der Waals surface area contributed by atoms with E-state index in [9.17, 15) is 4.79 Å². The van der Waals surface area contributed by atoms with E-state index in [0.29, 0.717) is 0 Å². The molecule has 2 heteroatoms. The number of esters is 1. The third-order valence-corrected chi connectivity index (χ3v) is 8.74. The fourth-order valence-corrected chi connectivity index (χ4v) is 6.97. The number of hydrogen-bond donors (Lipinski definition) is 0. The molecule has 0 aromatic heterocycles. The van der Waals surface area contributed by atoms with Crippen LogP contribution < -0.4 is 0 Å². The summed E-state index contributed by atoms with van der Waals surface area (Å²) in [6, 6.07) is 0. The molecule has 154 valence electrons. The lowest BCUT2D eigenvalue weighted by molar-refractivity contribution is -0.157. The van der Waals surface area contributed by atoms with Crippen LogP contribution in [0.4, 0.5) is 0 Å². The Hall–Kier alpha value is -0.530. The lowest BCUT2D eigenvalue weighted by Crippen LogP contribution is -2.32. The molecule has 0 bridgehead atoms. The standard InChI is InChI=1S/C25H42O2/c26-25(23-9-5-2-6-10-23)27-24-17-15-22(16-18-24)21-13-11-20(12-14-21)19-7-3-1-4-8-19/h19-24H,1-18H2. The molecule has 0 N–H and O–H groups in total. The van der Waals surface area contributed by atoms with E-state index < -0.39 is 0 Å². The number of carbonyl (C=O) groups is 1. The van der Waals surface area contributed by atoms with E-state index in [-0.39, 0.29) is 18.0 Å². The van der Waals surface area contributed by atoms with Crippen LogP contribution in [0, 0.1) is 29.6 Å². The Morgan fingerprint density at radius 3 is 1.41 bits per heavy atom. The third kappa shape index (κ3) is 5.30. The predicted octanol–water partition coefficient (Wildman–Crippen LogP) is 7.06. The van der Waals surface area contributed by atoms with Gasteiger partial charge in [-0.2, -0.15) is 0 Å². The van der Waals surface area contributed by atoms with Crippen molar-refractivity contribution in [1.82, 2.24) is 0 Å². The Balaban J connectivity index is 1.16. The molecule has 4 fully saturated rings. The van der Waals surface area contributed by atoms with Gasteiger partial charge >= 0.3 is 5.97 Å². The summed E-state index contributed by atoms with van der Waals surface area (Å²) in [5.41, 5.74) is 0. The van der Waals surface area contributed by atoms with E-state index in [1.165, 1.54) is 89.9 Å². The molecular formula is C25H42O2. The van der Waals surface area contributed by atoms with Crippen LogP contribution in [0.25, 0.3) is 0 Å². The van der Waals surface area contributed by atoms with Crippen LogP contribution >= 0.6 is 0 Å². The van der Waals surface area contributed by atoms with Crippen LogP contribution in [0.5, 0.6) is 0 Å². The molecule has 4 rings (SSSR count). The number of hydrogen-bond acceptors (Lipinski definition) is 2. The highest BCUT2D eigenvalue weighted by molar-refractivity contribution is 5.72. The Morgan fingerprint density at radius 1 is 0.481 bits per heavy atom. The van der Waals surface area contributed by atoms with Crippen LogP contribution in [-0.2, 0) is 9.53 Å². The summed E-state index contributed by atoms with van der Waals surface area (Å²) in [5.74, 6) is 4.35. The van der Waals surface area contributed by atoms with E-state index in [4.69, 9.17) is 4.74 Å².